The molecular formula is C13H11BrN2O3S2. The Morgan fingerprint density at radius 1 is 1.29 bits per heavy atom. The van der Waals surface area contributed by atoms with Crippen molar-refractivity contribution in [2.75, 3.05) is 4.72 Å². The van der Waals surface area contributed by atoms with Gasteiger partial charge >= 0.3 is 0 Å². The van der Waals surface area contributed by atoms with Gasteiger partial charge in [0.1, 0.15) is 9.37 Å². The second kappa shape index (κ2) is 5.11. The van der Waals surface area contributed by atoms with Crippen LogP contribution in [0.5, 0.6) is 0 Å². The fourth-order valence-corrected chi connectivity index (χ4v) is 5.26. The summed E-state index contributed by atoms with van der Waals surface area (Å²) >= 11 is 4.70. The summed E-state index contributed by atoms with van der Waals surface area (Å²) in [6.45, 7) is 3.51. The Balaban J connectivity index is 2.13. The van der Waals surface area contributed by atoms with Gasteiger partial charge in [0.2, 0.25) is 0 Å². The lowest BCUT2D eigenvalue weighted by Gasteiger charge is -2.05. The van der Waals surface area contributed by atoms with Gasteiger partial charge in [-0.15, -0.1) is 11.3 Å². The molecule has 0 saturated heterocycles. The summed E-state index contributed by atoms with van der Waals surface area (Å²) in [5.74, 6) is 0.0854. The molecule has 110 valence electrons. The van der Waals surface area contributed by atoms with Crippen molar-refractivity contribution in [2.45, 2.75) is 18.7 Å². The second-order valence-electron chi connectivity index (χ2n) is 4.50. The van der Waals surface area contributed by atoms with Gasteiger partial charge in [-0.05, 0) is 35.8 Å². The minimum atomic E-state index is -3.74. The molecule has 0 unspecified atom stereocenters. The van der Waals surface area contributed by atoms with Gasteiger partial charge in [-0.25, -0.2) is 13.1 Å². The summed E-state index contributed by atoms with van der Waals surface area (Å²) in [7, 11) is -3.74. The van der Waals surface area contributed by atoms with E-state index in [1.165, 1.54) is 11.3 Å². The summed E-state index contributed by atoms with van der Waals surface area (Å²) in [4.78, 5) is 1.01. The molecule has 2 heterocycles. The summed E-state index contributed by atoms with van der Waals surface area (Å²) in [5.41, 5.74) is 0.583. The van der Waals surface area contributed by atoms with Crippen molar-refractivity contribution < 1.29 is 12.9 Å². The third kappa shape index (κ3) is 2.47. The zero-order chi connectivity index (χ0) is 15.2. The highest BCUT2D eigenvalue weighted by molar-refractivity contribution is 9.10. The second-order valence-corrected chi connectivity index (χ2v) is 8.17. The van der Waals surface area contributed by atoms with Crippen molar-refractivity contribution in [3.05, 3.63) is 39.3 Å². The monoisotopic (exact) mass is 386 g/mol. The van der Waals surface area contributed by atoms with Gasteiger partial charge in [0.15, 0.2) is 0 Å². The molecule has 8 heteroatoms. The van der Waals surface area contributed by atoms with Crippen molar-refractivity contribution in [2.24, 2.45) is 0 Å². The SMILES string of the molecule is Cc1noc(NS(=O)(=O)c2c(C)sc3ccccc23)c1Br. The van der Waals surface area contributed by atoms with E-state index >= 15 is 0 Å². The molecule has 0 atom stereocenters. The normalized spacial score (nSPS) is 12.0. The Morgan fingerprint density at radius 3 is 2.67 bits per heavy atom. The third-order valence-electron chi connectivity index (χ3n) is 3.00. The van der Waals surface area contributed by atoms with Crippen LogP contribution in [0.15, 0.2) is 38.2 Å². The highest BCUT2D eigenvalue weighted by atomic mass is 79.9. The van der Waals surface area contributed by atoms with Crippen LogP contribution in [-0.4, -0.2) is 13.6 Å². The zero-order valence-corrected chi connectivity index (χ0v) is 14.4. The van der Waals surface area contributed by atoms with Crippen LogP contribution >= 0.6 is 27.3 Å². The molecule has 3 rings (SSSR count). The van der Waals surface area contributed by atoms with Crippen molar-refractivity contribution in [1.29, 1.82) is 0 Å². The highest BCUT2D eigenvalue weighted by Crippen LogP contribution is 2.36. The molecule has 0 fully saturated rings. The Kier molecular flexibility index (Phi) is 3.54. The minimum Gasteiger partial charge on any atom is -0.336 e. The van der Waals surface area contributed by atoms with Crippen molar-refractivity contribution >= 4 is 53.3 Å². The van der Waals surface area contributed by atoms with Crippen molar-refractivity contribution in [3.63, 3.8) is 0 Å². The highest BCUT2D eigenvalue weighted by Gasteiger charge is 2.25. The molecule has 2 aromatic heterocycles. The predicted molar refractivity (Wildman–Crippen MR) is 86.3 cm³/mol. The van der Waals surface area contributed by atoms with Gasteiger partial charge in [0.05, 0.1) is 5.69 Å². The predicted octanol–water partition coefficient (Wildman–Crippen LogP) is 4.07. The number of aryl methyl sites for hydroxylation is 2. The maximum Gasteiger partial charge on any atom is 0.265 e. The molecule has 0 aliphatic rings. The van der Waals surface area contributed by atoms with Crippen LogP contribution in [-0.2, 0) is 10.0 Å². The summed E-state index contributed by atoms with van der Waals surface area (Å²) in [6.07, 6.45) is 0. The summed E-state index contributed by atoms with van der Waals surface area (Å²) in [5, 5.41) is 4.43. The van der Waals surface area contributed by atoms with Crippen LogP contribution in [0.3, 0.4) is 0 Å². The van der Waals surface area contributed by atoms with E-state index in [4.69, 9.17) is 4.52 Å². The van der Waals surface area contributed by atoms with Gasteiger partial charge in [-0.3, -0.25) is 0 Å². The Bertz CT molecular complexity index is 928. The Morgan fingerprint density at radius 2 is 2.00 bits per heavy atom. The number of halogens is 1. The van der Waals surface area contributed by atoms with E-state index in [0.29, 0.717) is 15.6 Å². The van der Waals surface area contributed by atoms with Crippen LogP contribution in [0.1, 0.15) is 10.6 Å². The van der Waals surface area contributed by atoms with Crippen molar-refractivity contribution in [3.8, 4) is 0 Å². The van der Waals surface area contributed by atoms with E-state index < -0.39 is 10.0 Å². The van der Waals surface area contributed by atoms with Crippen molar-refractivity contribution in [1.82, 2.24) is 5.16 Å². The number of rotatable bonds is 3. The number of benzene rings is 1. The number of hydrogen-bond donors (Lipinski definition) is 1. The first-order chi connectivity index (χ1) is 9.90. The van der Waals surface area contributed by atoms with Crippen LogP contribution in [0, 0.1) is 13.8 Å². The molecule has 0 spiro atoms. The number of fused-ring (bicyclic) bond motifs is 1. The molecular weight excluding hydrogens is 376 g/mol. The first-order valence-electron chi connectivity index (χ1n) is 6.03. The minimum absolute atomic E-state index is 0.0854. The lowest BCUT2D eigenvalue weighted by molar-refractivity contribution is 0.430. The molecule has 3 aromatic rings. The van der Waals surface area contributed by atoms with E-state index in [0.717, 1.165) is 9.58 Å². The number of anilines is 1. The van der Waals surface area contributed by atoms with Gasteiger partial charge in [0.25, 0.3) is 15.9 Å². The Hall–Kier alpha value is -1.38. The molecule has 0 amide bonds. The number of nitrogens with one attached hydrogen (secondary N) is 1. The number of nitrogens with zero attached hydrogens (tertiary/aromatic N) is 1. The first-order valence-corrected chi connectivity index (χ1v) is 9.12. The van der Waals surface area contributed by atoms with Gasteiger partial charge < -0.3 is 4.52 Å². The molecule has 21 heavy (non-hydrogen) atoms. The maximum absolute atomic E-state index is 12.6. The first kappa shape index (κ1) is 14.6. The number of sulfonamides is 1. The largest absolute Gasteiger partial charge is 0.336 e. The standard InChI is InChI=1S/C13H11BrN2O3S2/c1-7-11(14)13(19-15-7)16-21(17,18)12-8(2)20-10-6-4-3-5-9(10)12/h3-6,16H,1-2H3. The van der Waals surface area contributed by atoms with Crippen LogP contribution in [0.25, 0.3) is 10.1 Å². The van der Waals surface area contributed by atoms with E-state index in [-0.39, 0.29) is 10.8 Å². The molecule has 0 radical (unpaired) electrons. The average molecular weight is 387 g/mol. The Labute approximate surface area is 134 Å². The van der Waals surface area contributed by atoms with Gasteiger partial charge in [0, 0.05) is 15.0 Å². The maximum atomic E-state index is 12.6. The zero-order valence-electron chi connectivity index (χ0n) is 11.2. The molecule has 1 aromatic carbocycles. The quantitative estimate of drug-likeness (QED) is 0.736. The number of hydrogen-bond acceptors (Lipinski definition) is 5. The van der Waals surface area contributed by atoms with Crippen LogP contribution < -0.4 is 4.72 Å². The van der Waals surface area contributed by atoms with E-state index in [1.807, 2.05) is 18.2 Å². The van der Waals surface area contributed by atoms with E-state index in [9.17, 15) is 8.42 Å². The van der Waals surface area contributed by atoms with Crippen LogP contribution in [0.4, 0.5) is 5.88 Å². The lowest BCUT2D eigenvalue weighted by Crippen LogP contribution is -2.13. The average Bonchev–Trinajstić information content (AvgIpc) is 2.92. The van der Waals surface area contributed by atoms with E-state index in [1.54, 1.807) is 19.9 Å². The number of thiophene rings is 1. The molecule has 0 aliphatic heterocycles. The van der Waals surface area contributed by atoms with Crippen LogP contribution in [0.2, 0.25) is 0 Å². The molecule has 1 N–H and O–H groups in total. The fourth-order valence-electron chi connectivity index (χ4n) is 2.07. The third-order valence-corrected chi connectivity index (χ3v) is 6.67. The smallest absolute Gasteiger partial charge is 0.265 e. The molecule has 5 nitrogen and oxygen atoms in total. The molecule has 0 saturated carbocycles. The summed E-state index contributed by atoms with van der Waals surface area (Å²) < 4.78 is 34.2. The fraction of sp³-hybridized carbons (Fsp3) is 0.154. The van der Waals surface area contributed by atoms with Gasteiger partial charge in [-0.2, -0.15) is 0 Å². The topological polar surface area (TPSA) is 72.2 Å². The van der Waals surface area contributed by atoms with Gasteiger partial charge in [-0.1, -0.05) is 23.4 Å². The molecule has 0 bridgehead atoms. The number of aromatic nitrogens is 1. The van der Waals surface area contributed by atoms with E-state index in [2.05, 4.69) is 25.8 Å². The lowest BCUT2D eigenvalue weighted by atomic mass is 10.2. The molecule has 0 aliphatic carbocycles. The summed E-state index contributed by atoms with van der Waals surface area (Å²) in [6, 6.07) is 7.41.